The highest BCUT2D eigenvalue weighted by Gasteiger charge is 2.26. The Hall–Kier alpha value is -2.35. The average molecular weight is 365 g/mol. The summed E-state index contributed by atoms with van der Waals surface area (Å²) in [5.41, 5.74) is 6.26. The third-order valence-electron chi connectivity index (χ3n) is 4.28. The molecule has 1 heterocycles. The molecule has 2 rings (SSSR count). The zero-order valence-corrected chi connectivity index (χ0v) is 15.0. The van der Waals surface area contributed by atoms with Gasteiger partial charge in [0.15, 0.2) is 0 Å². The Balaban J connectivity index is 2.10. The Morgan fingerprint density at radius 1 is 1.28 bits per heavy atom. The van der Waals surface area contributed by atoms with Crippen molar-refractivity contribution >= 4 is 27.5 Å². The molecular weight excluding hydrogens is 342 g/mol. The van der Waals surface area contributed by atoms with Gasteiger partial charge in [-0.2, -0.15) is 0 Å². The summed E-state index contributed by atoms with van der Waals surface area (Å²) < 4.78 is 24.9. The lowest BCUT2D eigenvalue weighted by molar-refractivity contribution is -0.123. The van der Waals surface area contributed by atoms with E-state index in [9.17, 15) is 18.0 Å². The molecule has 1 fully saturated rings. The van der Waals surface area contributed by atoms with Crippen molar-refractivity contribution in [3.05, 3.63) is 42.5 Å². The van der Waals surface area contributed by atoms with E-state index in [2.05, 4.69) is 6.58 Å². The number of rotatable bonds is 6. The maximum Gasteiger partial charge on any atom is 0.253 e. The summed E-state index contributed by atoms with van der Waals surface area (Å²) in [7, 11) is -3.43. The summed E-state index contributed by atoms with van der Waals surface area (Å²) in [5.74, 6) is -0.628. The predicted molar refractivity (Wildman–Crippen MR) is 96.7 cm³/mol. The Bertz CT molecular complexity index is 751. The number of sulfonamides is 1. The first-order chi connectivity index (χ1) is 11.7. The van der Waals surface area contributed by atoms with Crippen LogP contribution in [-0.2, 0) is 14.8 Å². The fourth-order valence-electron chi connectivity index (χ4n) is 2.87. The number of nitrogens with zero attached hydrogens (tertiary/aromatic N) is 2. The van der Waals surface area contributed by atoms with Crippen LogP contribution < -0.4 is 10.0 Å². The van der Waals surface area contributed by atoms with Gasteiger partial charge in [-0.25, -0.2) is 8.42 Å². The van der Waals surface area contributed by atoms with Gasteiger partial charge in [-0.1, -0.05) is 6.08 Å². The van der Waals surface area contributed by atoms with E-state index in [1.165, 1.54) is 10.4 Å². The van der Waals surface area contributed by atoms with Crippen LogP contribution in [0.3, 0.4) is 0 Å². The van der Waals surface area contributed by atoms with Crippen LogP contribution in [-0.4, -0.2) is 51.0 Å². The number of carbonyl (C=O) groups is 2. The number of primary amides is 1. The van der Waals surface area contributed by atoms with Gasteiger partial charge >= 0.3 is 0 Å². The largest absolute Gasteiger partial charge is 0.369 e. The van der Waals surface area contributed by atoms with Crippen LogP contribution in [0.5, 0.6) is 0 Å². The molecule has 0 saturated carbocycles. The lowest BCUT2D eigenvalue weighted by atomic mass is 9.96. The Morgan fingerprint density at radius 2 is 1.84 bits per heavy atom. The molecule has 2 N–H and O–H groups in total. The third-order valence-corrected chi connectivity index (χ3v) is 5.44. The maximum absolute atomic E-state index is 12.5. The highest BCUT2D eigenvalue weighted by atomic mass is 32.2. The fraction of sp³-hybridized carbons (Fsp3) is 0.412. The van der Waals surface area contributed by atoms with Crippen molar-refractivity contribution < 1.29 is 18.0 Å². The zero-order chi connectivity index (χ0) is 18.6. The number of hydrogen-bond acceptors (Lipinski definition) is 4. The number of anilines is 1. The average Bonchev–Trinajstić information content (AvgIpc) is 2.58. The summed E-state index contributed by atoms with van der Waals surface area (Å²) in [6.07, 6.45) is 3.77. The topological polar surface area (TPSA) is 101 Å². The summed E-state index contributed by atoms with van der Waals surface area (Å²) >= 11 is 0. The monoisotopic (exact) mass is 365 g/mol. The molecule has 0 aliphatic carbocycles. The van der Waals surface area contributed by atoms with Crippen LogP contribution >= 0.6 is 0 Å². The van der Waals surface area contributed by atoms with Crippen molar-refractivity contribution in [3.63, 3.8) is 0 Å². The molecule has 1 aliphatic heterocycles. The highest BCUT2D eigenvalue weighted by molar-refractivity contribution is 7.92. The van der Waals surface area contributed by atoms with Crippen LogP contribution in [0, 0.1) is 5.92 Å². The van der Waals surface area contributed by atoms with E-state index in [4.69, 9.17) is 5.73 Å². The summed E-state index contributed by atoms with van der Waals surface area (Å²) in [5, 5.41) is 0. The number of amides is 2. The molecule has 0 radical (unpaired) electrons. The quantitative estimate of drug-likeness (QED) is 0.759. The Labute approximate surface area is 148 Å². The fourth-order valence-corrected chi connectivity index (χ4v) is 3.75. The minimum absolute atomic E-state index is 0.135. The molecule has 0 unspecified atom stereocenters. The molecular formula is C17H23N3O4S. The third kappa shape index (κ3) is 4.60. The Morgan fingerprint density at radius 3 is 2.28 bits per heavy atom. The molecule has 25 heavy (non-hydrogen) atoms. The molecule has 1 aliphatic rings. The Kier molecular flexibility index (Phi) is 5.84. The molecule has 0 aromatic heterocycles. The summed E-state index contributed by atoms with van der Waals surface area (Å²) in [4.78, 5) is 25.4. The van der Waals surface area contributed by atoms with E-state index >= 15 is 0 Å². The number of hydrogen-bond donors (Lipinski definition) is 1. The van der Waals surface area contributed by atoms with Crippen molar-refractivity contribution in [1.29, 1.82) is 0 Å². The first-order valence-corrected chi connectivity index (χ1v) is 9.86. The maximum atomic E-state index is 12.5. The zero-order valence-electron chi connectivity index (χ0n) is 14.2. The molecule has 2 amide bonds. The highest BCUT2D eigenvalue weighted by Crippen LogP contribution is 2.21. The number of piperidine rings is 1. The smallest absolute Gasteiger partial charge is 0.253 e. The van der Waals surface area contributed by atoms with E-state index in [0.717, 1.165) is 6.26 Å². The van der Waals surface area contributed by atoms with E-state index in [1.807, 2.05) is 0 Å². The van der Waals surface area contributed by atoms with Crippen molar-refractivity contribution in [1.82, 2.24) is 4.90 Å². The van der Waals surface area contributed by atoms with E-state index in [1.54, 1.807) is 29.2 Å². The minimum atomic E-state index is -3.43. The molecule has 136 valence electrons. The first-order valence-electron chi connectivity index (χ1n) is 8.01. The van der Waals surface area contributed by atoms with Gasteiger partial charge in [-0.3, -0.25) is 13.9 Å². The number of nitrogens with two attached hydrogens (primary N) is 1. The van der Waals surface area contributed by atoms with E-state index < -0.39 is 10.0 Å². The molecule has 1 aromatic rings. The molecule has 1 saturated heterocycles. The molecule has 7 nitrogen and oxygen atoms in total. The molecule has 0 spiro atoms. The molecule has 0 atom stereocenters. The van der Waals surface area contributed by atoms with Gasteiger partial charge in [-0.15, -0.1) is 6.58 Å². The lowest BCUT2D eigenvalue weighted by Crippen LogP contribution is -2.41. The lowest BCUT2D eigenvalue weighted by Gasteiger charge is -2.30. The predicted octanol–water partition coefficient (Wildman–Crippen LogP) is 0.976. The van der Waals surface area contributed by atoms with Gasteiger partial charge < -0.3 is 10.6 Å². The van der Waals surface area contributed by atoms with E-state index in [-0.39, 0.29) is 24.3 Å². The number of carbonyl (C=O) groups excluding carboxylic acids is 2. The van der Waals surface area contributed by atoms with Gasteiger partial charge in [0.2, 0.25) is 15.9 Å². The van der Waals surface area contributed by atoms with Gasteiger partial charge in [0, 0.05) is 24.6 Å². The second-order valence-corrected chi connectivity index (χ2v) is 8.01. The SMILES string of the molecule is C=CCN(c1ccc(C(=O)N2CCC(C(N)=O)CC2)cc1)S(C)(=O)=O. The second-order valence-electron chi connectivity index (χ2n) is 6.10. The normalized spacial score (nSPS) is 15.6. The van der Waals surface area contributed by atoms with Crippen LogP contribution in [0.25, 0.3) is 0 Å². The van der Waals surface area contributed by atoms with Crippen molar-refractivity contribution in [3.8, 4) is 0 Å². The van der Waals surface area contributed by atoms with Gasteiger partial charge in [0.1, 0.15) is 0 Å². The second kappa shape index (κ2) is 7.69. The standard InChI is InChI=1S/C17H23N3O4S/c1-3-10-20(25(2,23)24)15-6-4-14(5-7-15)17(22)19-11-8-13(9-12-19)16(18)21/h3-7,13H,1,8-12H2,2H3,(H2,18,21). The molecule has 1 aromatic carbocycles. The van der Waals surface area contributed by atoms with Crippen molar-refractivity contribution in [2.45, 2.75) is 12.8 Å². The van der Waals surface area contributed by atoms with Crippen molar-refractivity contribution in [2.75, 3.05) is 30.2 Å². The van der Waals surface area contributed by atoms with E-state index in [0.29, 0.717) is 37.2 Å². The summed E-state index contributed by atoms with van der Waals surface area (Å²) in [6, 6.07) is 6.43. The van der Waals surface area contributed by atoms with Crippen LogP contribution in [0.15, 0.2) is 36.9 Å². The summed E-state index contributed by atoms with van der Waals surface area (Å²) in [6.45, 7) is 4.70. The van der Waals surface area contributed by atoms with Gasteiger partial charge in [0.05, 0.1) is 18.5 Å². The van der Waals surface area contributed by atoms with Gasteiger partial charge in [-0.05, 0) is 37.1 Å². The molecule has 0 bridgehead atoms. The van der Waals surface area contributed by atoms with Gasteiger partial charge in [0.25, 0.3) is 5.91 Å². The molecule has 8 heteroatoms. The number of benzene rings is 1. The van der Waals surface area contributed by atoms with Crippen molar-refractivity contribution in [2.24, 2.45) is 11.7 Å². The van der Waals surface area contributed by atoms with Crippen LogP contribution in [0.4, 0.5) is 5.69 Å². The van der Waals surface area contributed by atoms with Crippen LogP contribution in [0.1, 0.15) is 23.2 Å². The van der Waals surface area contributed by atoms with Crippen LogP contribution in [0.2, 0.25) is 0 Å². The minimum Gasteiger partial charge on any atom is -0.369 e. The first kappa shape index (κ1) is 19.0. The number of likely N-dealkylation sites (tertiary alicyclic amines) is 1.